The van der Waals surface area contributed by atoms with Crippen molar-refractivity contribution in [2.24, 2.45) is 0 Å². The molecule has 0 unspecified atom stereocenters. The maximum absolute atomic E-state index is 12.7. The minimum absolute atomic E-state index is 0.00782. The summed E-state index contributed by atoms with van der Waals surface area (Å²) < 4.78 is 0. The molecule has 3 heterocycles. The van der Waals surface area contributed by atoms with Crippen LogP contribution >= 0.6 is 0 Å². The van der Waals surface area contributed by atoms with Gasteiger partial charge in [-0.1, -0.05) is 0 Å². The summed E-state index contributed by atoms with van der Waals surface area (Å²) in [6.45, 7) is 6.69. The van der Waals surface area contributed by atoms with E-state index in [0.29, 0.717) is 24.5 Å². The predicted molar refractivity (Wildman–Crippen MR) is 93.4 cm³/mol. The minimum Gasteiger partial charge on any atom is -0.372 e. The number of carbonyl (C=O) groups excluding carboxylic acids is 1. The van der Waals surface area contributed by atoms with E-state index in [-0.39, 0.29) is 5.91 Å². The van der Waals surface area contributed by atoms with E-state index in [1.54, 1.807) is 25.4 Å². The monoisotopic (exact) mass is 326 g/mol. The van der Waals surface area contributed by atoms with E-state index in [1.165, 1.54) is 0 Å². The lowest BCUT2D eigenvalue weighted by atomic mass is 10.2. The third kappa shape index (κ3) is 3.29. The highest BCUT2D eigenvalue weighted by atomic mass is 16.2. The number of pyridine rings is 1. The number of aromatic nitrogens is 3. The summed E-state index contributed by atoms with van der Waals surface area (Å²) in [5.74, 6) is 1.37. The van der Waals surface area contributed by atoms with Crippen LogP contribution < -0.4 is 10.2 Å². The second kappa shape index (κ2) is 6.82. The molecule has 126 valence electrons. The van der Waals surface area contributed by atoms with Crippen LogP contribution in [0.1, 0.15) is 21.7 Å². The zero-order chi connectivity index (χ0) is 17.1. The molecule has 0 bridgehead atoms. The van der Waals surface area contributed by atoms with Crippen LogP contribution in [0.3, 0.4) is 0 Å². The largest absolute Gasteiger partial charge is 0.372 e. The Morgan fingerprint density at radius 2 is 1.79 bits per heavy atom. The van der Waals surface area contributed by atoms with Crippen molar-refractivity contribution in [1.29, 1.82) is 0 Å². The molecule has 0 spiro atoms. The highest BCUT2D eigenvalue weighted by molar-refractivity contribution is 5.98. The van der Waals surface area contributed by atoms with Crippen LogP contribution in [-0.4, -0.2) is 59.0 Å². The minimum atomic E-state index is 0.00782. The Morgan fingerprint density at radius 3 is 2.42 bits per heavy atom. The Bertz CT molecular complexity index is 719. The van der Waals surface area contributed by atoms with E-state index in [2.05, 4.69) is 25.2 Å². The number of rotatable bonds is 3. The summed E-state index contributed by atoms with van der Waals surface area (Å²) in [4.78, 5) is 29.9. The number of amides is 1. The molecule has 0 saturated carbocycles. The van der Waals surface area contributed by atoms with Crippen molar-refractivity contribution >= 4 is 17.7 Å². The van der Waals surface area contributed by atoms with Gasteiger partial charge in [0.15, 0.2) is 0 Å². The molecule has 0 atom stereocenters. The topological polar surface area (TPSA) is 74.2 Å². The summed E-state index contributed by atoms with van der Waals surface area (Å²) in [7, 11) is 1.77. The van der Waals surface area contributed by atoms with Crippen molar-refractivity contribution in [3.05, 3.63) is 41.3 Å². The third-order valence-electron chi connectivity index (χ3n) is 4.10. The maximum Gasteiger partial charge on any atom is 0.257 e. The summed E-state index contributed by atoms with van der Waals surface area (Å²) >= 11 is 0. The quantitative estimate of drug-likeness (QED) is 0.921. The predicted octanol–water partition coefficient (Wildman–Crippen LogP) is 1.49. The molecule has 1 aliphatic rings. The highest BCUT2D eigenvalue weighted by Gasteiger charge is 2.25. The van der Waals surface area contributed by atoms with E-state index in [9.17, 15) is 4.79 Å². The van der Waals surface area contributed by atoms with Gasteiger partial charge in [-0.15, -0.1) is 0 Å². The molecule has 7 heteroatoms. The van der Waals surface area contributed by atoms with Crippen LogP contribution in [0.25, 0.3) is 0 Å². The van der Waals surface area contributed by atoms with E-state index in [0.717, 1.165) is 30.4 Å². The molecule has 0 aliphatic carbocycles. The molecule has 1 fully saturated rings. The zero-order valence-electron chi connectivity index (χ0n) is 14.3. The van der Waals surface area contributed by atoms with Crippen LogP contribution in [0, 0.1) is 13.8 Å². The van der Waals surface area contributed by atoms with Gasteiger partial charge in [0, 0.05) is 50.8 Å². The van der Waals surface area contributed by atoms with Crippen molar-refractivity contribution in [3.8, 4) is 0 Å². The first-order valence-electron chi connectivity index (χ1n) is 8.08. The molecule has 0 radical (unpaired) electrons. The van der Waals surface area contributed by atoms with Gasteiger partial charge in [-0.3, -0.25) is 4.79 Å². The van der Waals surface area contributed by atoms with Crippen LogP contribution in [0.15, 0.2) is 24.4 Å². The van der Waals surface area contributed by atoms with E-state index in [4.69, 9.17) is 0 Å². The summed E-state index contributed by atoms with van der Waals surface area (Å²) in [6, 6.07) is 5.55. The summed E-state index contributed by atoms with van der Waals surface area (Å²) in [5.41, 5.74) is 2.53. The van der Waals surface area contributed by atoms with Crippen molar-refractivity contribution < 1.29 is 4.79 Å². The smallest absolute Gasteiger partial charge is 0.257 e. The standard InChI is InChI=1S/C17H22N6O/c1-12-11-13(2)21-17(20-12)23-9-7-22(8-10-23)16(24)14-5-4-6-19-15(14)18-3/h4-6,11H,7-10H2,1-3H3,(H,18,19). The van der Waals surface area contributed by atoms with Gasteiger partial charge >= 0.3 is 0 Å². The first-order chi connectivity index (χ1) is 11.6. The number of anilines is 2. The molecular weight excluding hydrogens is 304 g/mol. The van der Waals surface area contributed by atoms with Gasteiger partial charge < -0.3 is 15.1 Å². The number of hydrogen-bond donors (Lipinski definition) is 1. The lowest BCUT2D eigenvalue weighted by Gasteiger charge is -2.35. The van der Waals surface area contributed by atoms with Gasteiger partial charge in [0.05, 0.1) is 5.56 Å². The molecule has 0 aromatic carbocycles. The average Bonchev–Trinajstić information content (AvgIpc) is 2.60. The summed E-state index contributed by atoms with van der Waals surface area (Å²) in [6.07, 6.45) is 1.68. The fourth-order valence-electron chi connectivity index (χ4n) is 2.91. The van der Waals surface area contributed by atoms with Crippen LogP contribution in [-0.2, 0) is 0 Å². The van der Waals surface area contributed by atoms with E-state index in [1.807, 2.05) is 24.8 Å². The van der Waals surface area contributed by atoms with Crippen LogP contribution in [0.4, 0.5) is 11.8 Å². The first kappa shape index (κ1) is 16.2. The van der Waals surface area contributed by atoms with Crippen molar-refractivity contribution in [2.75, 3.05) is 43.4 Å². The molecule has 1 saturated heterocycles. The second-order valence-corrected chi connectivity index (χ2v) is 5.88. The lowest BCUT2D eigenvalue weighted by molar-refractivity contribution is 0.0747. The summed E-state index contributed by atoms with van der Waals surface area (Å²) in [5, 5.41) is 2.97. The van der Waals surface area contributed by atoms with Gasteiger partial charge in [-0.25, -0.2) is 15.0 Å². The third-order valence-corrected chi connectivity index (χ3v) is 4.10. The Morgan fingerprint density at radius 1 is 1.12 bits per heavy atom. The average molecular weight is 326 g/mol. The van der Waals surface area contributed by atoms with Gasteiger partial charge in [0.2, 0.25) is 5.95 Å². The maximum atomic E-state index is 12.7. The highest BCUT2D eigenvalue weighted by Crippen LogP contribution is 2.17. The first-order valence-corrected chi connectivity index (χ1v) is 8.08. The van der Waals surface area contributed by atoms with Gasteiger partial charge in [-0.2, -0.15) is 0 Å². The second-order valence-electron chi connectivity index (χ2n) is 5.88. The van der Waals surface area contributed by atoms with Crippen molar-refractivity contribution in [1.82, 2.24) is 19.9 Å². The van der Waals surface area contributed by atoms with Gasteiger partial charge in [0.1, 0.15) is 5.82 Å². The number of carbonyl (C=O) groups is 1. The number of piperazine rings is 1. The molecular formula is C17H22N6O. The molecule has 1 N–H and O–H groups in total. The zero-order valence-corrected chi connectivity index (χ0v) is 14.3. The van der Waals surface area contributed by atoms with Gasteiger partial charge in [-0.05, 0) is 32.0 Å². The Hall–Kier alpha value is -2.70. The SMILES string of the molecule is CNc1ncccc1C(=O)N1CCN(c2nc(C)cc(C)n2)CC1. The normalized spacial score (nSPS) is 14.6. The fraction of sp³-hybridized carbons (Fsp3) is 0.412. The molecule has 3 rings (SSSR count). The van der Waals surface area contributed by atoms with Crippen LogP contribution in [0.5, 0.6) is 0 Å². The Kier molecular flexibility index (Phi) is 4.59. The molecule has 7 nitrogen and oxygen atoms in total. The number of aryl methyl sites for hydroxylation is 2. The van der Waals surface area contributed by atoms with Crippen LogP contribution in [0.2, 0.25) is 0 Å². The lowest BCUT2D eigenvalue weighted by Crippen LogP contribution is -2.49. The molecule has 1 aliphatic heterocycles. The molecule has 2 aromatic rings. The number of nitrogens with one attached hydrogen (secondary N) is 1. The van der Waals surface area contributed by atoms with E-state index >= 15 is 0 Å². The number of hydrogen-bond acceptors (Lipinski definition) is 6. The Labute approximate surface area is 141 Å². The fourth-order valence-corrected chi connectivity index (χ4v) is 2.91. The molecule has 2 aromatic heterocycles. The molecule has 1 amide bonds. The van der Waals surface area contributed by atoms with E-state index < -0.39 is 0 Å². The van der Waals surface area contributed by atoms with Gasteiger partial charge in [0.25, 0.3) is 5.91 Å². The molecule has 24 heavy (non-hydrogen) atoms. The van der Waals surface area contributed by atoms with Crippen molar-refractivity contribution in [2.45, 2.75) is 13.8 Å². The Balaban J connectivity index is 1.69. The number of nitrogens with zero attached hydrogens (tertiary/aromatic N) is 5. The van der Waals surface area contributed by atoms with Crippen molar-refractivity contribution in [3.63, 3.8) is 0 Å².